The quantitative estimate of drug-likeness (QED) is 0.0558. The van der Waals surface area contributed by atoms with Crippen LogP contribution in [-0.4, -0.2) is 95.9 Å². The smallest absolute Gasteiger partial charge is 0.158 e. The number of aldehydes is 6. The maximum Gasteiger partial charge on any atom is 0.158 e. The number of phenols is 10. The highest BCUT2D eigenvalue weighted by Gasteiger charge is 2.07. The van der Waals surface area contributed by atoms with Gasteiger partial charge in [-0.2, -0.15) is 0 Å². The molecule has 17 heteroatoms. The van der Waals surface area contributed by atoms with Crippen LogP contribution in [0.15, 0.2) is 127 Å². The van der Waals surface area contributed by atoms with Crippen molar-refractivity contribution < 1.29 is 84.6 Å². The van der Waals surface area contributed by atoms with Gasteiger partial charge in [-0.25, -0.2) is 0 Å². The van der Waals surface area contributed by atoms with Crippen LogP contribution in [0, 0.1) is 0 Å². The lowest BCUT2D eigenvalue weighted by atomic mass is 10.1. The average molecular weight is 877 g/mol. The van der Waals surface area contributed by atoms with E-state index >= 15 is 0 Å². The molecule has 0 saturated carbocycles. The topological polar surface area (TPSA) is 314 Å². The molecular weight excluding hydrogens is 836 g/mol. The number of fused-ring (bicyclic) bond motifs is 1. The van der Waals surface area contributed by atoms with Crippen LogP contribution in [0.25, 0.3) is 10.8 Å². The zero-order valence-electron chi connectivity index (χ0n) is 33.4. The van der Waals surface area contributed by atoms with Crippen LogP contribution in [0.1, 0.15) is 62.1 Å². The van der Waals surface area contributed by atoms with Crippen LogP contribution in [-0.2, 0) is 0 Å². The van der Waals surface area contributed by atoms with E-state index in [-0.39, 0.29) is 62.7 Å². The molecule has 0 fully saturated rings. The minimum Gasteiger partial charge on any atom is -0.508 e. The van der Waals surface area contributed by atoms with Crippen molar-refractivity contribution in [2.75, 3.05) is 7.11 Å². The number of ether oxygens (including phenoxy) is 1. The fourth-order valence-corrected chi connectivity index (χ4v) is 4.60. The van der Waals surface area contributed by atoms with E-state index in [1.54, 1.807) is 48.5 Å². The molecule has 0 unspecified atom stereocenters. The van der Waals surface area contributed by atoms with Gasteiger partial charge in [-0.15, -0.1) is 0 Å². The molecule has 64 heavy (non-hydrogen) atoms. The molecule has 0 heterocycles. The monoisotopic (exact) mass is 876 g/mol. The second-order valence-electron chi connectivity index (χ2n) is 12.4. The summed E-state index contributed by atoms with van der Waals surface area (Å²) >= 11 is 0. The lowest BCUT2D eigenvalue weighted by molar-refractivity contribution is 0.111. The number of carbonyl (C=O) groups excluding carboxylic acids is 6. The number of rotatable bonds is 7. The third kappa shape index (κ3) is 16.7. The summed E-state index contributed by atoms with van der Waals surface area (Å²) < 4.78 is 4.82. The minimum atomic E-state index is -0.433. The van der Waals surface area contributed by atoms with E-state index < -0.39 is 11.5 Å². The Labute approximate surface area is 363 Å². The van der Waals surface area contributed by atoms with Crippen molar-refractivity contribution >= 4 is 48.5 Å². The van der Waals surface area contributed by atoms with Gasteiger partial charge in [0.2, 0.25) is 0 Å². The number of benzene rings is 7. The molecule has 0 radical (unpaired) electrons. The van der Waals surface area contributed by atoms with Crippen molar-refractivity contribution in [1.29, 1.82) is 0 Å². The Kier molecular flexibility index (Phi) is 20.6. The number of methoxy groups -OCH3 is 1. The standard InChI is InChI=1S/C11H8O2.C8H8O3.C7H6O4.2C7H6O3.C7H6O2/c12-7-8-1-2-10-6-11(13)4-3-9(10)5-8;1-11-7-3-2-6(5-9)8(10)4-7;8-3-5-6(10)1-4(9)2-7(5)11;8-4-5-1-2-6(9)3-7(5)10;8-4-5-1-2-6(9)7(10)3-5;8-5-6-1-3-7(9)4-2-6/h1-7,13H;2-5,10H,1H3;1-3,9-11H;2*1-4,9-10H;1-5,9H. The third-order valence-electron chi connectivity index (χ3n) is 7.89. The van der Waals surface area contributed by atoms with Gasteiger partial charge in [0.25, 0.3) is 0 Å². The first-order valence-corrected chi connectivity index (χ1v) is 17.9. The Morgan fingerprint density at radius 2 is 0.766 bits per heavy atom. The second kappa shape index (κ2) is 26.0. The van der Waals surface area contributed by atoms with Crippen molar-refractivity contribution in [2.45, 2.75) is 0 Å². The summed E-state index contributed by atoms with van der Waals surface area (Å²) in [7, 11) is 1.50. The molecule has 330 valence electrons. The number of aromatic hydroxyl groups is 10. The van der Waals surface area contributed by atoms with Crippen LogP contribution in [0.4, 0.5) is 0 Å². The molecule has 0 amide bonds. The summed E-state index contributed by atoms with van der Waals surface area (Å²) in [6.07, 6.45) is 3.57. The molecule has 7 aromatic carbocycles. The van der Waals surface area contributed by atoms with Gasteiger partial charge in [0.15, 0.2) is 30.4 Å². The van der Waals surface area contributed by atoms with Crippen molar-refractivity contribution in [3.63, 3.8) is 0 Å². The Morgan fingerprint density at radius 3 is 1.27 bits per heavy atom. The SMILES string of the molecule is COc1ccc(C=O)c(O)c1.O=Cc1c(O)cc(O)cc1O.O=Cc1ccc(O)c(O)c1.O=Cc1ccc(O)cc1.O=Cc1ccc(O)cc1O.O=Cc1ccc2cc(O)ccc2c1. The van der Waals surface area contributed by atoms with E-state index in [0.29, 0.717) is 47.6 Å². The highest BCUT2D eigenvalue weighted by molar-refractivity contribution is 5.89. The van der Waals surface area contributed by atoms with Crippen molar-refractivity contribution in [3.8, 4) is 63.2 Å². The molecule has 7 rings (SSSR count). The van der Waals surface area contributed by atoms with Gasteiger partial charge in [0.1, 0.15) is 70.6 Å². The molecule has 0 saturated heterocycles. The Hall–Kier alpha value is -9.38. The van der Waals surface area contributed by atoms with E-state index in [9.17, 15) is 33.9 Å². The Balaban J connectivity index is 0.000000265. The van der Waals surface area contributed by atoms with Crippen LogP contribution < -0.4 is 4.74 Å². The van der Waals surface area contributed by atoms with E-state index in [1.807, 2.05) is 6.07 Å². The molecule has 0 spiro atoms. The summed E-state index contributed by atoms with van der Waals surface area (Å²) in [5.74, 6) is -0.992. The largest absolute Gasteiger partial charge is 0.508 e. The molecule has 0 aromatic heterocycles. The first-order chi connectivity index (χ1) is 30.5. The number of hydrogen-bond donors (Lipinski definition) is 10. The van der Waals surface area contributed by atoms with Crippen LogP contribution in [0.5, 0.6) is 63.2 Å². The molecule has 0 atom stereocenters. The molecule has 10 N–H and O–H groups in total. The lowest BCUT2D eigenvalue weighted by Gasteiger charge is -2.00. The summed E-state index contributed by atoms with van der Waals surface area (Å²) in [6, 6.07) is 30.6. The molecule has 0 aliphatic heterocycles. The summed E-state index contributed by atoms with van der Waals surface area (Å²) in [5.41, 5.74) is 1.80. The van der Waals surface area contributed by atoms with Crippen LogP contribution in [0.3, 0.4) is 0 Å². The molecular formula is C47H40O17. The fraction of sp³-hybridized carbons (Fsp3) is 0.0213. The second-order valence-corrected chi connectivity index (χ2v) is 12.4. The number of hydrogen-bond acceptors (Lipinski definition) is 17. The average Bonchev–Trinajstić information content (AvgIpc) is 3.28. The molecule has 7 aromatic rings. The Morgan fingerprint density at radius 1 is 0.328 bits per heavy atom. The van der Waals surface area contributed by atoms with E-state index in [0.717, 1.165) is 41.5 Å². The van der Waals surface area contributed by atoms with Gasteiger partial charge in [-0.3, -0.25) is 28.8 Å². The predicted molar refractivity (Wildman–Crippen MR) is 232 cm³/mol. The third-order valence-corrected chi connectivity index (χ3v) is 7.89. The first-order valence-electron chi connectivity index (χ1n) is 17.9. The highest BCUT2D eigenvalue weighted by Crippen LogP contribution is 2.30. The summed E-state index contributed by atoms with van der Waals surface area (Å²) in [4.78, 5) is 61.1. The Bertz CT molecular complexity index is 2650. The number of phenolic OH excluding ortho intramolecular Hbond substituents is 10. The minimum absolute atomic E-state index is 0.0527. The molecule has 0 bridgehead atoms. The zero-order chi connectivity index (χ0) is 47.8. The van der Waals surface area contributed by atoms with Crippen molar-refractivity contribution in [2.24, 2.45) is 0 Å². The zero-order valence-corrected chi connectivity index (χ0v) is 33.4. The number of carbonyl (C=O) groups is 6. The van der Waals surface area contributed by atoms with E-state index in [1.165, 1.54) is 61.7 Å². The van der Waals surface area contributed by atoms with Crippen LogP contribution in [0.2, 0.25) is 0 Å². The van der Waals surface area contributed by atoms with E-state index in [4.69, 9.17) is 50.7 Å². The summed E-state index contributed by atoms with van der Waals surface area (Å²) in [6.45, 7) is 0. The van der Waals surface area contributed by atoms with Gasteiger partial charge in [0, 0.05) is 41.0 Å². The van der Waals surface area contributed by atoms with Gasteiger partial charge in [-0.1, -0.05) is 18.2 Å². The molecule has 0 aliphatic carbocycles. The predicted octanol–water partition coefficient (Wildman–Crippen LogP) is 7.21. The van der Waals surface area contributed by atoms with Gasteiger partial charge < -0.3 is 55.8 Å². The van der Waals surface area contributed by atoms with Crippen LogP contribution >= 0.6 is 0 Å². The lowest BCUT2D eigenvalue weighted by Crippen LogP contribution is -1.85. The fourth-order valence-electron chi connectivity index (χ4n) is 4.60. The first kappa shape index (κ1) is 50.8. The molecule has 0 aliphatic rings. The molecule has 17 nitrogen and oxygen atoms in total. The van der Waals surface area contributed by atoms with Gasteiger partial charge >= 0.3 is 0 Å². The van der Waals surface area contributed by atoms with Crippen molar-refractivity contribution in [1.82, 2.24) is 0 Å². The van der Waals surface area contributed by atoms with Crippen molar-refractivity contribution in [3.05, 3.63) is 161 Å². The highest BCUT2D eigenvalue weighted by atomic mass is 16.5. The summed E-state index contributed by atoms with van der Waals surface area (Å²) in [5, 5.41) is 90.8. The maximum atomic E-state index is 10.5. The van der Waals surface area contributed by atoms with E-state index in [2.05, 4.69) is 0 Å². The van der Waals surface area contributed by atoms with Gasteiger partial charge in [0.05, 0.1) is 23.8 Å². The maximum absolute atomic E-state index is 10.5. The van der Waals surface area contributed by atoms with Gasteiger partial charge in [-0.05, 0) is 95.7 Å². The normalized spacial score (nSPS) is 9.39.